The average molecular weight is 399 g/mol. The third-order valence-electron chi connectivity index (χ3n) is 3.92. The molecule has 2 amide bonds. The van der Waals surface area contributed by atoms with Crippen LogP contribution in [0.15, 0.2) is 53.2 Å². The summed E-state index contributed by atoms with van der Waals surface area (Å²) in [6.45, 7) is 2.24. The molecule has 27 heavy (non-hydrogen) atoms. The third-order valence-corrected chi connectivity index (χ3v) is 5.69. The SMILES string of the molecule is CCc1ccc(NC(=O)C(=O)NCc2ccc(C(=O)c3ccsc3)s2)cc1. The molecule has 0 saturated carbocycles. The lowest BCUT2D eigenvalue weighted by Gasteiger charge is -2.06. The van der Waals surface area contributed by atoms with E-state index in [1.54, 1.807) is 35.7 Å². The molecule has 0 radical (unpaired) electrons. The molecule has 0 fully saturated rings. The van der Waals surface area contributed by atoms with E-state index >= 15 is 0 Å². The van der Waals surface area contributed by atoms with E-state index < -0.39 is 11.8 Å². The summed E-state index contributed by atoms with van der Waals surface area (Å²) in [6, 6.07) is 12.7. The number of hydrogen-bond acceptors (Lipinski definition) is 5. The number of carbonyl (C=O) groups is 3. The molecule has 0 saturated heterocycles. The normalized spacial score (nSPS) is 10.4. The Morgan fingerprint density at radius 2 is 1.74 bits per heavy atom. The van der Waals surface area contributed by atoms with Gasteiger partial charge in [-0.2, -0.15) is 11.3 Å². The summed E-state index contributed by atoms with van der Waals surface area (Å²) in [5, 5.41) is 8.81. The molecule has 0 aliphatic carbocycles. The van der Waals surface area contributed by atoms with Crippen molar-refractivity contribution in [2.24, 2.45) is 0 Å². The van der Waals surface area contributed by atoms with Crippen molar-refractivity contribution in [1.82, 2.24) is 5.32 Å². The maximum Gasteiger partial charge on any atom is 0.313 e. The molecule has 5 nitrogen and oxygen atoms in total. The van der Waals surface area contributed by atoms with Gasteiger partial charge in [-0.3, -0.25) is 14.4 Å². The number of carbonyl (C=O) groups excluding carboxylic acids is 3. The molecular weight excluding hydrogens is 380 g/mol. The highest BCUT2D eigenvalue weighted by atomic mass is 32.1. The van der Waals surface area contributed by atoms with Crippen molar-refractivity contribution in [2.45, 2.75) is 19.9 Å². The second-order valence-corrected chi connectivity index (χ2v) is 7.74. The van der Waals surface area contributed by atoms with E-state index in [1.165, 1.54) is 22.7 Å². The van der Waals surface area contributed by atoms with Gasteiger partial charge in [0.05, 0.1) is 11.4 Å². The number of hydrogen-bond donors (Lipinski definition) is 2. The number of anilines is 1. The summed E-state index contributed by atoms with van der Waals surface area (Å²) in [5.74, 6) is -1.47. The number of thiophene rings is 2. The van der Waals surface area contributed by atoms with Crippen LogP contribution < -0.4 is 10.6 Å². The van der Waals surface area contributed by atoms with Crippen LogP contribution >= 0.6 is 22.7 Å². The van der Waals surface area contributed by atoms with Crippen LogP contribution in [0.2, 0.25) is 0 Å². The van der Waals surface area contributed by atoms with Crippen LogP contribution in [-0.4, -0.2) is 17.6 Å². The molecule has 0 spiro atoms. The van der Waals surface area contributed by atoms with E-state index in [2.05, 4.69) is 10.6 Å². The van der Waals surface area contributed by atoms with Crippen molar-refractivity contribution in [3.05, 3.63) is 74.1 Å². The van der Waals surface area contributed by atoms with Crippen molar-refractivity contribution >= 4 is 46.0 Å². The van der Waals surface area contributed by atoms with Crippen LogP contribution in [-0.2, 0) is 22.6 Å². The molecule has 0 bridgehead atoms. The molecule has 3 aromatic rings. The average Bonchev–Trinajstić information content (AvgIpc) is 3.38. The molecule has 0 aliphatic rings. The van der Waals surface area contributed by atoms with Crippen molar-refractivity contribution in [3.8, 4) is 0 Å². The van der Waals surface area contributed by atoms with Gasteiger partial charge in [0.2, 0.25) is 5.78 Å². The lowest BCUT2D eigenvalue weighted by molar-refractivity contribution is -0.136. The Balaban J connectivity index is 1.52. The van der Waals surface area contributed by atoms with Crippen LogP contribution in [0.5, 0.6) is 0 Å². The van der Waals surface area contributed by atoms with Gasteiger partial charge in [0.15, 0.2) is 0 Å². The molecule has 2 N–H and O–H groups in total. The van der Waals surface area contributed by atoms with Crippen LogP contribution in [0.3, 0.4) is 0 Å². The lowest BCUT2D eigenvalue weighted by atomic mass is 10.1. The zero-order chi connectivity index (χ0) is 19.2. The highest BCUT2D eigenvalue weighted by molar-refractivity contribution is 7.14. The summed E-state index contributed by atoms with van der Waals surface area (Å²) in [4.78, 5) is 37.7. The van der Waals surface area contributed by atoms with Gasteiger partial charge in [0.1, 0.15) is 0 Å². The zero-order valence-electron chi connectivity index (χ0n) is 14.7. The van der Waals surface area contributed by atoms with E-state index in [0.29, 0.717) is 16.1 Å². The monoisotopic (exact) mass is 398 g/mol. The summed E-state index contributed by atoms with van der Waals surface area (Å²) in [6.07, 6.45) is 0.909. The van der Waals surface area contributed by atoms with Gasteiger partial charge in [0.25, 0.3) is 0 Å². The first-order valence-electron chi connectivity index (χ1n) is 8.40. The maximum absolute atomic E-state index is 12.3. The number of amides is 2. The minimum absolute atomic E-state index is 0.0351. The molecule has 1 aromatic carbocycles. The third kappa shape index (κ3) is 4.90. The zero-order valence-corrected chi connectivity index (χ0v) is 16.3. The first-order valence-corrected chi connectivity index (χ1v) is 10.2. The number of rotatable bonds is 6. The van der Waals surface area contributed by atoms with E-state index in [-0.39, 0.29) is 12.3 Å². The Hall–Kier alpha value is -2.77. The van der Waals surface area contributed by atoms with Gasteiger partial charge in [-0.1, -0.05) is 19.1 Å². The van der Waals surface area contributed by atoms with Crippen LogP contribution in [0, 0.1) is 0 Å². The highest BCUT2D eigenvalue weighted by Crippen LogP contribution is 2.21. The Labute approximate surface area is 165 Å². The first kappa shape index (κ1) is 19.0. The van der Waals surface area contributed by atoms with Gasteiger partial charge < -0.3 is 10.6 Å². The molecule has 3 rings (SSSR count). The standard InChI is InChI=1S/C20H18N2O3S2/c1-2-13-3-5-15(6-4-13)22-20(25)19(24)21-11-16-7-8-17(27-16)18(23)14-9-10-26-12-14/h3-10,12H,2,11H2,1H3,(H,21,24)(H,22,25). The minimum Gasteiger partial charge on any atom is -0.343 e. The molecule has 138 valence electrons. The Morgan fingerprint density at radius 3 is 2.41 bits per heavy atom. The van der Waals surface area contributed by atoms with E-state index in [9.17, 15) is 14.4 Å². The summed E-state index contributed by atoms with van der Waals surface area (Å²) >= 11 is 2.78. The fourth-order valence-electron chi connectivity index (χ4n) is 2.39. The first-order chi connectivity index (χ1) is 13.1. The van der Waals surface area contributed by atoms with Gasteiger partial charge in [-0.25, -0.2) is 0 Å². The van der Waals surface area contributed by atoms with Gasteiger partial charge >= 0.3 is 11.8 Å². The van der Waals surface area contributed by atoms with E-state index in [4.69, 9.17) is 0 Å². The second-order valence-electron chi connectivity index (χ2n) is 5.79. The smallest absolute Gasteiger partial charge is 0.313 e. The van der Waals surface area contributed by atoms with Crippen molar-refractivity contribution < 1.29 is 14.4 Å². The van der Waals surface area contributed by atoms with Crippen molar-refractivity contribution in [3.63, 3.8) is 0 Å². The number of aryl methyl sites for hydroxylation is 1. The highest BCUT2D eigenvalue weighted by Gasteiger charge is 2.15. The fourth-order valence-corrected chi connectivity index (χ4v) is 3.94. The predicted molar refractivity (Wildman–Crippen MR) is 108 cm³/mol. The molecule has 0 aliphatic heterocycles. The lowest BCUT2D eigenvalue weighted by Crippen LogP contribution is -2.34. The Bertz CT molecular complexity index is 944. The molecule has 2 aromatic heterocycles. The Morgan fingerprint density at radius 1 is 0.963 bits per heavy atom. The molecule has 0 unspecified atom stereocenters. The number of nitrogens with one attached hydrogen (secondary N) is 2. The van der Waals surface area contributed by atoms with Gasteiger partial charge in [-0.05, 0) is 47.7 Å². The quantitative estimate of drug-likeness (QED) is 0.489. The van der Waals surface area contributed by atoms with Crippen LogP contribution in [0.25, 0.3) is 0 Å². The minimum atomic E-state index is -0.717. The largest absolute Gasteiger partial charge is 0.343 e. The summed E-state index contributed by atoms with van der Waals surface area (Å²) in [5.41, 5.74) is 2.39. The van der Waals surface area contributed by atoms with Crippen molar-refractivity contribution in [1.29, 1.82) is 0 Å². The van der Waals surface area contributed by atoms with Crippen molar-refractivity contribution in [2.75, 3.05) is 5.32 Å². The maximum atomic E-state index is 12.3. The summed E-state index contributed by atoms with van der Waals surface area (Å²) in [7, 11) is 0. The predicted octanol–water partition coefficient (Wildman–Crippen LogP) is 3.86. The van der Waals surface area contributed by atoms with Gasteiger partial charge in [-0.15, -0.1) is 11.3 Å². The summed E-state index contributed by atoms with van der Waals surface area (Å²) < 4.78 is 0. The van der Waals surface area contributed by atoms with Crippen LogP contribution in [0.1, 0.15) is 32.6 Å². The fraction of sp³-hybridized carbons (Fsp3) is 0.150. The van der Waals surface area contributed by atoms with E-state index in [1.807, 2.05) is 24.4 Å². The molecule has 0 atom stereocenters. The van der Waals surface area contributed by atoms with Gasteiger partial charge in [0, 0.05) is 21.5 Å². The molecule has 7 heteroatoms. The Kier molecular flexibility index (Phi) is 6.16. The molecular formula is C20H18N2O3S2. The molecule has 2 heterocycles. The van der Waals surface area contributed by atoms with E-state index in [0.717, 1.165) is 16.9 Å². The number of benzene rings is 1. The van der Waals surface area contributed by atoms with Crippen LogP contribution in [0.4, 0.5) is 5.69 Å². The topological polar surface area (TPSA) is 75.3 Å². The number of ketones is 1. The second kappa shape index (κ2) is 8.75.